The second-order valence-corrected chi connectivity index (χ2v) is 8.26. The van der Waals surface area contributed by atoms with E-state index in [1.807, 2.05) is 42.8 Å². The van der Waals surface area contributed by atoms with Gasteiger partial charge in [0.1, 0.15) is 5.52 Å². The first kappa shape index (κ1) is 20.1. The molecule has 1 fully saturated rings. The summed E-state index contributed by atoms with van der Waals surface area (Å²) in [6.07, 6.45) is 4.68. The number of hydrogen-bond acceptors (Lipinski definition) is 4. The summed E-state index contributed by atoms with van der Waals surface area (Å²) in [5, 5.41) is 11.4. The Morgan fingerprint density at radius 3 is 2.50 bits per heavy atom. The summed E-state index contributed by atoms with van der Waals surface area (Å²) in [5.41, 5.74) is 5.06. The number of carbonyl (C=O) groups excluding carboxylic acids is 2. The maximum absolute atomic E-state index is 12.8. The molecule has 0 unspecified atom stereocenters. The van der Waals surface area contributed by atoms with Crippen molar-refractivity contribution in [3.8, 4) is 0 Å². The standard InChI is InChI=1S/C23H27N5O2/c1-15-10-16(2)12-18(11-15)24-22(29)14-27(3)23(30)17-8-9-21-20(13-17)25-26-28(21)19-6-4-5-7-19/h8-13,19H,4-7,14H2,1-3H3,(H,24,29). The van der Waals surface area contributed by atoms with E-state index >= 15 is 0 Å². The van der Waals surface area contributed by atoms with Crippen LogP contribution in [0.4, 0.5) is 5.69 Å². The van der Waals surface area contributed by atoms with Gasteiger partial charge in [0.25, 0.3) is 5.91 Å². The Bertz CT molecular complexity index is 1080. The number of benzene rings is 2. The van der Waals surface area contributed by atoms with Crippen LogP contribution in [0.1, 0.15) is 53.2 Å². The van der Waals surface area contributed by atoms with Gasteiger partial charge in [0.2, 0.25) is 5.91 Å². The van der Waals surface area contributed by atoms with Crippen LogP contribution in [0.2, 0.25) is 0 Å². The van der Waals surface area contributed by atoms with Crippen LogP contribution >= 0.6 is 0 Å². The molecule has 1 aliphatic carbocycles. The predicted molar refractivity (Wildman–Crippen MR) is 117 cm³/mol. The number of rotatable bonds is 5. The summed E-state index contributed by atoms with van der Waals surface area (Å²) >= 11 is 0. The highest BCUT2D eigenvalue weighted by Gasteiger charge is 2.21. The molecule has 2 amide bonds. The highest BCUT2D eigenvalue weighted by Crippen LogP contribution is 2.31. The van der Waals surface area contributed by atoms with Crippen molar-refractivity contribution in [3.63, 3.8) is 0 Å². The zero-order chi connectivity index (χ0) is 21.3. The lowest BCUT2D eigenvalue weighted by molar-refractivity contribution is -0.116. The Morgan fingerprint density at radius 2 is 1.80 bits per heavy atom. The molecule has 2 aromatic carbocycles. The molecule has 0 spiro atoms. The van der Waals surface area contributed by atoms with Crippen LogP contribution in [-0.4, -0.2) is 45.3 Å². The van der Waals surface area contributed by atoms with E-state index in [1.165, 1.54) is 17.7 Å². The number of nitrogens with zero attached hydrogens (tertiary/aromatic N) is 4. The Hall–Kier alpha value is -3.22. The van der Waals surface area contributed by atoms with Gasteiger partial charge in [-0.25, -0.2) is 4.68 Å². The maximum Gasteiger partial charge on any atom is 0.254 e. The summed E-state index contributed by atoms with van der Waals surface area (Å²) in [5.74, 6) is -0.452. The van der Waals surface area contributed by atoms with Crippen LogP contribution in [0, 0.1) is 13.8 Å². The lowest BCUT2D eigenvalue weighted by Crippen LogP contribution is -2.34. The van der Waals surface area contributed by atoms with Crippen LogP contribution in [0.3, 0.4) is 0 Å². The molecule has 1 saturated carbocycles. The van der Waals surface area contributed by atoms with E-state index in [2.05, 4.69) is 15.6 Å². The SMILES string of the molecule is Cc1cc(C)cc(NC(=O)CN(C)C(=O)c2ccc3c(c2)nnn3C2CCCC2)c1. The quantitative estimate of drug-likeness (QED) is 0.699. The highest BCUT2D eigenvalue weighted by molar-refractivity contribution is 6.00. The van der Waals surface area contributed by atoms with Crippen LogP contribution in [0.15, 0.2) is 36.4 Å². The van der Waals surface area contributed by atoms with Gasteiger partial charge in [0.05, 0.1) is 18.1 Å². The van der Waals surface area contributed by atoms with Crippen molar-refractivity contribution in [2.75, 3.05) is 18.9 Å². The fraction of sp³-hybridized carbons (Fsp3) is 0.391. The van der Waals surface area contributed by atoms with Gasteiger partial charge in [-0.1, -0.05) is 24.1 Å². The molecule has 30 heavy (non-hydrogen) atoms. The van der Waals surface area contributed by atoms with E-state index in [4.69, 9.17) is 0 Å². The lowest BCUT2D eigenvalue weighted by Gasteiger charge is -2.17. The third kappa shape index (κ3) is 4.20. The van der Waals surface area contributed by atoms with Crippen LogP contribution in [0.25, 0.3) is 11.0 Å². The minimum atomic E-state index is -0.232. The van der Waals surface area contributed by atoms with Crippen LogP contribution < -0.4 is 5.32 Å². The largest absolute Gasteiger partial charge is 0.332 e. The Morgan fingerprint density at radius 1 is 1.10 bits per heavy atom. The Labute approximate surface area is 176 Å². The van der Waals surface area contributed by atoms with Crippen molar-refractivity contribution >= 4 is 28.5 Å². The lowest BCUT2D eigenvalue weighted by atomic mass is 10.1. The van der Waals surface area contributed by atoms with Gasteiger partial charge in [0, 0.05) is 18.3 Å². The first-order valence-corrected chi connectivity index (χ1v) is 10.4. The zero-order valence-electron chi connectivity index (χ0n) is 17.7. The molecule has 0 saturated heterocycles. The average Bonchev–Trinajstić information content (AvgIpc) is 3.35. The molecule has 1 aromatic heterocycles. The number of amides is 2. The van der Waals surface area contributed by atoms with Crippen molar-refractivity contribution < 1.29 is 9.59 Å². The number of likely N-dealkylation sites (N-methyl/N-ethyl adjacent to an activating group) is 1. The van der Waals surface area contributed by atoms with Gasteiger partial charge < -0.3 is 10.2 Å². The van der Waals surface area contributed by atoms with E-state index in [-0.39, 0.29) is 18.4 Å². The molecule has 1 heterocycles. The number of carbonyl (C=O) groups is 2. The maximum atomic E-state index is 12.8. The third-order valence-electron chi connectivity index (χ3n) is 5.62. The molecule has 7 nitrogen and oxygen atoms in total. The number of hydrogen-bond donors (Lipinski definition) is 1. The molecule has 0 radical (unpaired) electrons. The summed E-state index contributed by atoms with van der Waals surface area (Å²) in [4.78, 5) is 26.7. The number of anilines is 1. The number of nitrogens with one attached hydrogen (secondary N) is 1. The van der Waals surface area contributed by atoms with Gasteiger partial charge in [-0.15, -0.1) is 5.10 Å². The normalized spacial score (nSPS) is 14.2. The highest BCUT2D eigenvalue weighted by atomic mass is 16.2. The zero-order valence-corrected chi connectivity index (χ0v) is 17.7. The van der Waals surface area contributed by atoms with Crippen LogP contribution in [-0.2, 0) is 4.79 Å². The molecule has 7 heteroatoms. The van der Waals surface area contributed by atoms with E-state index in [9.17, 15) is 9.59 Å². The Kier molecular flexibility index (Phi) is 5.53. The first-order valence-electron chi connectivity index (χ1n) is 10.4. The molecular formula is C23H27N5O2. The monoisotopic (exact) mass is 405 g/mol. The van der Waals surface area contributed by atoms with Gasteiger partial charge >= 0.3 is 0 Å². The minimum absolute atomic E-state index is 0.0291. The summed E-state index contributed by atoms with van der Waals surface area (Å²) in [6.45, 7) is 3.94. The third-order valence-corrected chi connectivity index (χ3v) is 5.62. The summed E-state index contributed by atoms with van der Waals surface area (Å²) in [6, 6.07) is 11.7. The molecule has 0 atom stereocenters. The fourth-order valence-corrected chi connectivity index (χ4v) is 4.25. The van der Waals surface area contributed by atoms with Crippen molar-refractivity contribution in [2.45, 2.75) is 45.6 Å². The number of aryl methyl sites for hydroxylation is 2. The smallest absolute Gasteiger partial charge is 0.254 e. The van der Waals surface area contributed by atoms with Crippen LogP contribution in [0.5, 0.6) is 0 Å². The molecule has 0 aliphatic heterocycles. The van der Waals surface area contributed by atoms with E-state index in [1.54, 1.807) is 19.2 Å². The topological polar surface area (TPSA) is 80.1 Å². The molecule has 4 rings (SSSR count). The molecule has 0 bridgehead atoms. The van der Waals surface area contributed by atoms with E-state index in [0.29, 0.717) is 17.1 Å². The Balaban J connectivity index is 1.44. The fourth-order valence-electron chi connectivity index (χ4n) is 4.25. The van der Waals surface area contributed by atoms with Gasteiger partial charge in [-0.2, -0.15) is 0 Å². The molecule has 156 valence electrons. The van der Waals surface area contributed by atoms with E-state index < -0.39 is 0 Å². The molecule has 1 aliphatic rings. The van der Waals surface area contributed by atoms with Gasteiger partial charge in [0.15, 0.2) is 0 Å². The average molecular weight is 406 g/mol. The molecule has 1 N–H and O–H groups in total. The van der Waals surface area contributed by atoms with Gasteiger partial charge in [-0.3, -0.25) is 9.59 Å². The predicted octanol–water partition coefficient (Wildman–Crippen LogP) is 3.87. The minimum Gasteiger partial charge on any atom is -0.332 e. The second kappa shape index (κ2) is 8.26. The number of fused-ring (bicyclic) bond motifs is 1. The first-order chi connectivity index (χ1) is 14.4. The summed E-state index contributed by atoms with van der Waals surface area (Å²) < 4.78 is 1.98. The summed E-state index contributed by atoms with van der Waals surface area (Å²) in [7, 11) is 1.63. The van der Waals surface area contributed by atoms with Gasteiger partial charge in [-0.05, 0) is 68.1 Å². The van der Waals surface area contributed by atoms with Crippen molar-refractivity contribution in [3.05, 3.63) is 53.1 Å². The molecular weight excluding hydrogens is 378 g/mol. The van der Waals surface area contributed by atoms with Crippen molar-refractivity contribution in [1.29, 1.82) is 0 Å². The number of aromatic nitrogens is 3. The van der Waals surface area contributed by atoms with Crippen molar-refractivity contribution in [1.82, 2.24) is 19.9 Å². The molecule has 3 aromatic rings. The van der Waals surface area contributed by atoms with E-state index in [0.717, 1.165) is 35.2 Å². The second-order valence-electron chi connectivity index (χ2n) is 8.26. The van der Waals surface area contributed by atoms with Crippen molar-refractivity contribution in [2.24, 2.45) is 0 Å².